The molecule has 5 atom stereocenters. The maximum absolute atomic E-state index is 12.1. The Morgan fingerprint density at radius 2 is 1.97 bits per heavy atom. The zero-order valence-corrected chi connectivity index (χ0v) is 21.8. The lowest BCUT2D eigenvalue weighted by Crippen LogP contribution is -2.42. The fraction of sp³-hybridized carbons (Fsp3) is 0.643. The summed E-state index contributed by atoms with van der Waals surface area (Å²) in [5, 5.41) is 2.58. The van der Waals surface area contributed by atoms with E-state index >= 15 is 0 Å². The highest BCUT2D eigenvalue weighted by Gasteiger charge is 2.43. The number of phosphoric acid groups is 1. The van der Waals surface area contributed by atoms with E-state index in [-0.39, 0.29) is 24.1 Å². The Labute approximate surface area is 197 Å². The van der Waals surface area contributed by atoms with E-state index < -0.39 is 54.0 Å². The summed E-state index contributed by atoms with van der Waals surface area (Å²) in [6.45, 7) is 4.76. The van der Waals surface area contributed by atoms with Crippen molar-refractivity contribution in [3.05, 3.63) is 24.2 Å². The van der Waals surface area contributed by atoms with Crippen LogP contribution in [0.25, 0.3) is 0 Å². The van der Waals surface area contributed by atoms with Crippen molar-refractivity contribution < 1.29 is 56.4 Å². The number of nitrogens with one attached hydrogen (secondary N) is 1. The lowest BCUT2D eigenvalue weighted by atomic mass is 10.1. The molecule has 0 aromatic carbocycles. The average Bonchev–Trinajstić information content (AvgIpc) is 3.03. The Balaban J connectivity index is 2.08. The molecular formula is C14H25N2O12P3S2. The number of hydrogen-bond acceptors (Lipinski definition) is 11. The summed E-state index contributed by atoms with van der Waals surface area (Å²) in [6.07, 6.45) is 1.40. The molecule has 2 rings (SSSR count). The zero-order valence-electron chi connectivity index (χ0n) is 17.5. The highest BCUT2D eigenvalue weighted by Crippen LogP contribution is 2.65. The molecule has 2 aliphatic rings. The molecule has 0 radical (unpaired) electrons. The maximum atomic E-state index is 12.1. The number of amides is 1. The number of nitrogens with zero attached hydrogens (tertiary/aromatic N) is 1. The number of phosphoric ester groups is 1. The predicted molar refractivity (Wildman–Crippen MR) is 121 cm³/mol. The van der Waals surface area contributed by atoms with E-state index in [4.69, 9.17) is 23.8 Å². The summed E-state index contributed by atoms with van der Waals surface area (Å²) in [7, 11) is -12.5. The van der Waals surface area contributed by atoms with Gasteiger partial charge in [-0.05, 0) is 13.2 Å². The molecular weight excluding hydrogens is 545 g/mol. The lowest BCUT2D eigenvalue weighted by molar-refractivity contribution is -0.118. The minimum absolute atomic E-state index is 0.254. The molecule has 0 aromatic heterocycles. The number of carbonyl (C=O) groups excluding carboxylic acids is 1. The second kappa shape index (κ2) is 11.7. The quantitative estimate of drug-likeness (QED) is 0.0982. The third kappa shape index (κ3) is 9.42. The second-order valence-corrected chi connectivity index (χ2v) is 15.0. The molecule has 1 amide bonds. The van der Waals surface area contributed by atoms with Gasteiger partial charge in [-0.25, -0.2) is 8.88 Å². The van der Waals surface area contributed by atoms with Gasteiger partial charge < -0.3 is 39.3 Å². The molecule has 0 spiro atoms. The smallest absolute Gasteiger partial charge is 0.364 e. The summed E-state index contributed by atoms with van der Waals surface area (Å²) in [5.41, 5.74) is 0.401. The van der Waals surface area contributed by atoms with Gasteiger partial charge in [0.2, 0.25) is 0 Å². The van der Waals surface area contributed by atoms with E-state index in [2.05, 4.69) is 16.2 Å². The van der Waals surface area contributed by atoms with Crippen molar-refractivity contribution in [2.45, 2.75) is 31.8 Å². The van der Waals surface area contributed by atoms with Crippen molar-refractivity contribution in [1.29, 1.82) is 0 Å². The van der Waals surface area contributed by atoms with E-state index in [0.717, 1.165) is 0 Å². The largest absolute Gasteiger partial charge is 0.479 e. The number of ether oxygens (including phenoxy) is 2. The van der Waals surface area contributed by atoms with Crippen LogP contribution < -0.4 is 5.32 Å². The Bertz CT molecular complexity index is 927. The Kier molecular flexibility index (Phi) is 10.3. The summed E-state index contributed by atoms with van der Waals surface area (Å²) in [6, 6.07) is 0. The van der Waals surface area contributed by atoms with Crippen LogP contribution >= 0.6 is 44.6 Å². The first-order chi connectivity index (χ1) is 15.1. The highest BCUT2D eigenvalue weighted by atomic mass is 33.1. The summed E-state index contributed by atoms with van der Waals surface area (Å²) >= 11 is 0. The van der Waals surface area contributed by atoms with E-state index in [9.17, 15) is 28.3 Å². The lowest BCUT2D eigenvalue weighted by Gasteiger charge is -2.32. The zero-order chi connectivity index (χ0) is 25.0. The van der Waals surface area contributed by atoms with Gasteiger partial charge >= 0.3 is 23.0 Å². The number of rotatable bonds is 12. The molecule has 0 aliphatic carbocycles. The third-order valence-electron chi connectivity index (χ3n) is 4.19. The molecule has 0 aromatic rings. The monoisotopic (exact) mass is 570 g/mol. The van der Waals surface area contributed by atoms with Gasteiger partial charge in [0.1, 0.15) is 24.1 Å². The van der Waals surface area contributed by atoms with Crippen LogP contribution in [0, 0.1) is 0 Å². The molecule has 2 unspecified atom stereocenters. The van der Waals surface area contributed by atoms with Crippen LogP contribution in [0.5, 0.6) is 0 Å². The molecule has 5 N–H and O–H groups in total. The highest BCUT2D eigenvalue weighted by molar-refractivity contribution is 8.76. The summed E-state index contributed by atoms with van der Waals surface area (Å²) in [4.78, 5) is 50.2. The first kappa shape index (κ1) is 29.1. The fourth-order valence-corrected chi connectivity index (χ4v) is 8.00. The molecule has 2 aliphatic heterocycles. The van der Waals surface area contributed by atoms with E-state index in [1.807, 2.05) is 6.26 Å². The molecule has 1 saturated heterocycles. The van der Waals surface area contributed by atoms with Crippen molar-refractivity contribution in [3.63, 3.8) is 0 Å². The Morgan fingerprint density at radius 1 is 1.30 bits per heavy atom. The van der Waals surface area contributed by atoms with Gasteiger partial charge in [0.25, 0.3) is 5.91 Å². The van der Waals surface area contributed by atoms with Crippen LogP contribution in [0.3, 0.4) is 0 Å². The van der Waals surface area contributed by atoms with Crippen LogP contribution in [0.15, 0.2) is 24.2 Å². The normalized spacial score (nSPS) is 27.6. The van der Waals surface area contributed by atoms with Gasteiger partial charge in [-0.3, -0.25) is 18.4 Å². The first-order valence-electron chi connectivity index (χ1n) is 9.07. The molecule has 2 heterocycles. The maximum Gasteiger partial charge on any atom is 0.479 e. The molecule has 1 fully saturated rings. The SMILES string of the molecule is C=C1NC(=O)C(C)=CN1[C@H]1C[C@H](OCSSC)[C@@H](COP(=O)(O)OP(=O)(O)CP(=O)(O)O)O1. The average molecular weight is 570 g/mol. The standard InChI is InChI=1S/C14H25N2O12P3S2/c1-9-5-16(10(2)15-14(9)17)13-4-11(25-7-33-32-3)12(27-13)6-26-31(23,24)28-30(21,22)8-29(18,19)20/h5,11-13H,2,4,6-8H2,1,3H3,(H,15,17)(H,21,22)(H,23,24)(H2,18,19,20)/t11-,12+,13+/m0/s1. The molecule has 0 saturated carbocycles. The molecule has 33 heavy (non-hydrogen) atoms. The second-order valence-electron chi connectivity index (χ2n) is 6.88. The number of hydrogen-bond donors (Lipinski definition) is 5. The van der Waals surface area contributed by atoms with Crippen LogP contribution in [0.1, 0.15) is 13.3 Å². The summed E-state index contributed by atoms with van der Waals surface area (Å²) in [5.74, 6) is -1.46. The van der Waals surface area contributed by atoms with Crippen LogP contribution in [-0.4, -0.2) is 73.5 Å². The van der Waals surface area contributed by atoms with Crippen molar-refractivity contribution >= 4 is 50.5 Å². The minimum atomic E-state index is -5.19. The Morgan fingerprint density at radius 3 is 2.58 bits per heavy atom. The predicted octanol–water partition coefficient (Wildman–Crippen LogP) is 1.72. The topological polar surface area (TPSA) is 201 Å². The van der Waals surface area contributed by atoms with Gasteiger partial charge in [-0.15, -0.1) is 0 Å². The molecule has 19 heteroatoms. The molecule has 14 nitrogen and oxygen atoms in total. The summed E-state index contributed by atoms with van der Waals surface area (Å²) < 4.78 is 55.2. The van der Waals surface area contributed by atoms with Gasteiger partial charge in [0.15, 0.2) is 5.90 Å². The minimum Gasteiger partial charge on any atom is -0.364 e. The van der Waals surface area contributed by atoms with Gasteiger partial charge in [0.05, 0.1) is 12.7 Å². The van der Waals surface area contributed by atoms with Crippen molar-refractivity contribution in [2.24, 2.45) is 0 Å². The van der Waals surface area contributed by atoms with E-state index in [1.165, 1.54) is 27.8 Å². The number of carbonyl (C=O) groups is 1. The fourth-order valence-electron chi connectivity index (χ4n) is 2.87. The van der Waals surface area contributed by atoms with E-state index in [0.29, 0.717) is 5.57 Å². The Hall–Kier alpha value is -0.180. The van der Waals surface area contributed by atoms with Gasteiger partial charge in [0, 0.05) is 18.2 Å². The van der Waals surface area contributed by atoms with Crippen LogP contribution in [0.4, 0.5) is 0 Å². The van der Waals surface area contributed by atoms with Crippen molar-refractivity contribution in [3.8, 4) is 0 Å². The van der Waals surface area contributed by atoms with Crippen LogP contribution in [0.2, 0.25) is 0 Å². The van der Waals surface area contributed by atoms with E-state index in [1.54, 1.807) is 11.8 Å². The van der Waals surface area contributed by atoms with Crippen molar-refractivity contribution in [1.82, 2.24) is 10.2 Å². The van der Waals surface area contributed by atoms with Crippen LogP contribution in [-0.2, 0) is 36.8 Å². The third-order valence-corrected chi connectivity index (χ3v) is 10.9. The molecule has 0 bridgehead atoms. The first-order valence-corrected chi connectivity index (χ1v) is 16.9. The van der Waals surface area contributed by atoms with Gasteiger partial charge in [-0.1, -0.05) is 28.2 Å². The molecule has 190 valence electrons. The van der Waals surface area contributed by atoms with Crippen molar-refractivity contribution in [2.75, 3.05) is 24.7 Å². The van der Waals surface area contributed by atoms with Gasteiger partial charge in [-0.2, -0.15) is 0 Å².